The average Bonchev–Trinajstić information content (AvgIpc) is 3.16. The van der Waals surface area contributed by atoms with Gasteiger partial charge in [0, 0.05) is 11.8 Å². The molecule has 1 fully saturated rings. The molecule has 0 aromatic carbocycles. The summed E-state index contributed by atoms with van der Waals surface area (Å²) in [7, 11) is 0. The average molecular weight is 261 g/mol. The van der Waals surface area contributed by atoms with Gasteiger partial charge in [-0.15, -0.1) is 0 Å². The van der Waals surface area contributed by atoms with Gasteiger partial charge in [0.2, 0.25) is 11.8 Å². The molecule has 1 aliphatic rings. The van der Waals surface area contributed by atoms with Crippen LogP contribution in [0.5, 0.6) is 0 Å². The number of carbonyl (C=O) groups is 2. The Kier molecular flexibility index (Phi) is 3.83. The zero-order valence-electron chi connectivity index (χ0n) is 11.5. The Balaban J connectivity index is 2.03. The molecule has 2 N–H and O–H groups in total. The number of anilines is 2. The molecule has 19 heavy (non-hydrogen) atoms. The Morgan fingerprint density at radius 1 is 1.32 bits per heavy atom. The van der Waals surface area contributed by atoms with Crippen molar-refractivity contribution in [1.82, 2.24) is 4.98 Å². The highest BCUT2D eigenvalue weighted by Gasteiger charge is 2.29. The van der Waals surface area contributed by atoms with E-state index in [1.165, 1.54) is 0 Å². The molecule has 1 heterocycles. The number of carbonyl (C=O) groups excluding carboxylic acids is 2. The third-order valence-electron chi connectivity index (χ3n) is 3.09. The van der Waals surface area contributed by atoms with Gasteiger partial charge in [-0.05, 0) is 31.4 Å². The van der Waals surface area contributed by atoms with E-state index in [1.807, 2.05) is 20.8 Å². The molecule has 1 aromatic heterocycles. The van der Waals surface area contributed by atoms with Crippen molar-refractivity contribution < 1.29 is 9.59 Å². The number of amides is 2. The summed E-state index contributed by atoms with van der Waals surface area (Å²) in [5.41, 5.74) is 1.57. The second kappa shape index (κ2) is 5.38. The molecule has 102 valence electrons. The van der Waals surface area contributed by atoms with Crippen LogP contribution in [-0.4, -0.2) is 16.8 Å². The highest BCUT2D eigenvalue weighted by Crippen LogP contribution is 2.30. The fraction of sp³-hybridized carbons (Fsp3) is 0.500. The highest BCUT2D eigenvalue weighted by atomic mass is 16.2. The van der Waals surface area contributed by atoms with Crippen LogP contribution in [0, 0.1) is 18.8 Å². The van der Waals surface area contributed by atoms with Crippen molar-refractivity contribution in [3.05, 3.63) is 17.8 Å². The molecule has 1 saturated carbocycles. The minimum atomic E-state index is -0.0753. The van der Waals surface area contributed by atoms with Gasteiger partial charge in [-0.2, -0.15) is 0 Å². The second-order valence-corrected chi connectivity index (χ2v) is 5.29. The molecule has 1 aromatic rings. The van der Waals surface area contributed by atoms with Gasteiger partial charge in [0.1, 0.15) is 5.82 Å². The van der Waals surface area contributed by atoms with E-state index in [9.17, 15) is 9.59 Å². The van der Waals surface area contributed by atoms with E-state index in [1.54, 1.807) is 12.3 Å². The third-order valence-corrected chi connectivity index (χ3v) is 3.09. The van der Waals surface area contributed by atoms with Crippen LogP contribution in [0.15, 0.2) is 12.3 Å². The zero-order valence-corrected chi connectivity index (χ0v) is 11.5. The van der Waals surface area contributed by atoms with Crippen molar-refractivity contribution in [3.63, 3.8) is 0 Å². The van der Waals surface area contributed by atoms with Gasteiger partial charge >= 0.3 is 0 Å². The first-order valence-electron chi connectivity index (χ1n) is 6.55. The minimum absolute atomic E-state index is 0.0332. The normalized spacial score (nSPS) is 14.3. The van der Waals surface area contributed by atoms with Crippen LogP contribution < -0.4 is 10.6 Å². The first-order chi connectivity index (χ1) is 8.97. The van der Waals surface area contributed by atoms with Crippen LogP contribution in [0.4, 0.5) is 11.5 Å². The lowest BCUT2D eigenvalue weighted by atomic mass is 10.2. The van der Waals surface area contributed by atoms with Crippen molar-refractivity contribution >= 4 is 23.3 Å². The number of pyridine rings is 1. The summed E-state index contributed by atoms with van der Waals surface area (Å²) in [6.07, 6.45) is 3.51. The lowest BCUT2D eigenvalue weighted by Gasteiger charge is -2.11. The van der Waals surface area contributed by atoms with E-state index in [0.717, 1.165) is 18.4 Å². The SMILES string of the molecule is Cc1cc(NC(=O)C2CC2)ncc1NC(=O)C(C)C. The van der Waals surface area contributed by atoms with E-state index in [2.05, 4.69) is 15.6 Å². The molecule has 2 amide bonds. The number of nitrogens with zero attached hydrogens (tertiary/aromatic N) is 1. The molecule has 1 aliphatic carbocycles. The zero-order chi connectivity index (χ0) is 14.0. The Labute approximate surface area is 112 Å². The van der Waals surface area contributed by atoms with Crippen molar-refractivity contribution in [2.45, 2.75) is 33.6 Å². The van der Waals surface area contributed by atoms with Crippen LogP contribution in [0.1, 0.15) is 32.3 Å². The second-order valence-electron chi connectivity index (χ2n) is 5.29. The lowest BCUT2D eigenvalue weighted by Crippen LogP contribution is -2.19. The molecular formula is C14H19N3O2. The molecule has 0 aliphatic heterocycles. The Hall–Kier alpha value is -1.91. The van der Waals surface area contributed by atoms with E-state index in [4.69, 9.17) is 0 Å². The molecular weight excluding hydrogens is 242 g/mol. The first-order valence-corrected chi connectivity index (χ1v) is 6.55. The summed E-state index contributed by atoms with van der Waals surface area (Å²) in [5.74, 6) is 0.610. The van der Waals surface area contributed by atoms with E-state index < -0.39 is 0 Å². The molecule has 5 nitrogen and oxygen atoms in total. The maximum absolute atomic E-state index is 11.6. The van der Waals surface area contributed by atoms with Crippen LogP contribution in [0.25, 0.3) is 0 Å². The highest BCUT2D eigenvalue weighted by molar-refractivity contribution is 5.94. The largest absolute Gasteiger partial charge is 0.324 e. The summed E-state index contributed by atoms with van der Waals surface area (Å²) < 4.78 is 0. The molecule has 0 unspecified atom stereocenters. The molecule has 0 spiro atoms. The van der Waals surface area contributed by atoms with E-state index in [-0.39, 0.29) is 23.7 Å². The Morgan fingerprint density at radius 3 is 2.53 bits per heavy atom. The maximum Gasteiger partial charge on any atom is 0.228 e. The molecule has 0 radical (unpaired) electrons. The van der Waals surface area contributed by atoms with Crippen LogP contribution in [-0.2, 0) is 9.59 Å². The lowest BCUT2D eigenvalue weighted by molar-refractivity contribution is -0.119. The fourth-order valence-electron chi connectivity index (χ4n) is 1.61. The van der Waals surface area contributed by atoms with Gasteiger partial charge in [-0.3, -0.25) is 9.59 Å². The van der Waals surface area contributed by atoms with Crippen molar-refractivity contribution in [2.24, 2.45) is 11.8 Å². The molecule has 5 heteroatoms. The fourth-order valence-corrected chi connectivity index (χ4v) is 1.61. The molecule has 0 saturated heterocycles. The van der Waals surface area contributed by atoms with Gasteiger partial charge in [-0.25, -0.2) is 4.98 Å². The van der Waals surface area contributed by atoms with Crippen molar-refractivity contribution in [2.75, 3.05) is 10.6 Å². The number of hydrogen-bond donors (Lipinski definition) is 2. The van der Waals surface area contributed by atoms with Crippen LogP contribution >= 0.6 is 0 Å². The monoisotopic (exact) mass is 261 g/mol. The van der Waals surface area contributed by atoms with Gasteiger partial charge in [0.25, 0.3) is 0 Å². The first kappa shape index (κ1) is 13.5. The number of rotatable bonds is 4. The van der Waals surface area contributed by atoms with Gasteiger partial charge < -0.3 is 10.6 Å². The number of nitrogens with one attached hydrogen (secondary N) is 2. The number of aromatic nitrogens is 1. The van der Waals surface area contributed by atoms with E-state index in [0.29, 0.717) is 11.5 Å². The predicted octanol–water partition coefficient (Wildman–Crippen LogP) is 2.33. The topological polar surface area (TPSA) is 71.1 Å². The van der Waals surface area contributed by atoms with Crippen molar-refractivity contribution in [1.29, 1.82) is 0 Å². The van der Waals surface area contributed by atoms with E-state index >= 15 is 0 Å². The maximum atomic E-state index is 11.6. The van der Waals surface area contributed by atoms with Gasteiger partial charge in [-0.1, -0.05) is 13.8 Å². The summed E-state index contributed by atoms with van der Waals surface area (Å²) in [6, 6.07) is 1.77. The smallest absolute Gasteiger partial charge is 0.228 e. The standard InChI is InChI=1S/C14H19N3O2/c1-8(2)13(18)16-11-7-15-12(6-9(11)3)17-14(19)10-4-5-10/h6-8,10H,4-5H2,1-3H3,(H,16,18)(H,15,17,19). The van der Waals surface area contributed by atoms with Gasteiger partial charge in [0.15, 0.2) is 0 Å². The van der Waals surface area contributed by atoms with Crippen molar-refractivity contribution in [3.8, 4) is 0 Å². The molecule has 0 atom stereocenters. The summed E-state index contributed by atoms with van der Waals surface area (Å²) in [5, 5.41) is 5.60. The number of hydrogen-bond acceptors (Lipinski definition) is 3. The third kappa shape index (κ3) is 3.53. The van der Waals surface area contributed by atoms with Crippen LogP contribution in [0.3, 0.4) is 0 Å². The minimum Gasteiger partial charge on any atom is -0.324 e. The summed E-state index contributed by atoms with van der Waals surface area (Å²) in [6.45, 7) is 5.55. The Bertz CT molecular complexity index is 507. The molecule has 0 bridgehead atoms. The predicted molar refractivity (Wildman–Crippen MR) is 73.8 cm³/mol. The number of aryl methyl sites for hydroxylation is 1. The van der Waals surface area contributed by atoms with Crippen LogP contribution in [0.2, 0.25) is 0 Å². The quantitative estimate of drug-likeness (QED) is 0.873. The van der Waals surface area contributed by atoms with Gasteiger partial charge in [0.05, 0.1) is 11.9 Å². The Morgan fingerprint density at radius 2 is 2.00 bits per heavy atom. The summed E-state index contributed by atoms with van der Waals surface area (Å²) >= 11 is 0. The summed E-state index contributed by atoms with van der Waals surface area (Å²) in [4.78, 5) is 27.4. The molecule has 2 rings (SSSR count).